The molecule has 5 nitrogen and oxygen atoms in total. The Labute approximate surface area is 242 Å². The van der Waals surface area contributed by atoms with E-state index in [0.29, 0.717) is 12.0 Å². The van der Waals surface area contributed by atoms with Gasteiger partial charge < -0.3 is 14.7 Å². The Hall–Kier alpha value is -3.69. The van der Waals surface area contributed by atoms with Crippen LogP contribution in [-0.2, 0) is 11.2 Å². The van der Waals surface area contributed by atoms with E-state index >= 15 is 0 Å². The molecule has 0 unspecified atom stereocenters. The van der Waals surface area contributed by atoms with Crippen molar-refractivity contribution in [2.24, 2.45) is 0 Å². The minimum atomic E-state index is -0.103. The fourth-order valence-corrected chi connectivity index (χ4v) is 6.98. The molecule has 3 aromatic heterocycles. The third-order valence-electron chi connectivity index (χ3n) is 7.39. The van der Waals surface area contributed by atoms with Gasteiger partial charge in [-0.15, -0.1) is 0 Å². The molecule has 0 atom stereocenters. The SMILES string of the molecule is Cc1cc(C)c(/C=C2\C(=O)Nc3cc4oc(Cc5ccccc5)c(-c5cn(SI)c6ccccc56)c4cc32)[nH]1. The van der Waals surface area contributed by atoms with E-state index in [0.717, 1.165) is 61.6 Å². The fraction of sp³-hybridized carbons (Fsp3) is 0.0938. The van der Waals surface area contributed by atoms with Gasteiger partial charge in [-0.2, -0.15) is 0 Å². The Balaban J connectivity index is 1.48. The monoisotopic (exact) mass is 641 g/mol. The molecule has 1 amide bonds. The number of fused-ring (bicyclic) bond motifs is 3. The number of H-pyrrole nitrogens is 1. The highest BCUT2D eigenvalue weighted by atomic mass is 127. The van der Waals surface area contributed by atoms with Crippen LogP contribution in [0.15, 0.2) is 83.4 Å². The summed E-state index contributed by atoms with van der Waals surface area (Å²) in [5.41, 5.74) is 10.7. The van der Waals surface area contributed by atoms with Crippen LogP contribution in [0.25, 0.3) is 44.6 Å². The molecule has 0 aliphatic carbocycles. The number of anilines is 1. The van der Waals surface area contributed by atoms with Crippen LogP contribution in [0, 0.1) is 13.8 Å². The van der Waals surface area contributed by atoms with Crippen molar-refractivity contribution in [3.05, 3.63) is 113 Å². The maximum atomic E-state index is 13.1. The molecular formula is C32H24IN3O2S. The zero-order chi connectivity index (χ0) is 26.7. The first-order chi connectivity index (χ1) is 19.0. The van der Waals surface area contributed by atoms with Gasteiger partial charge in [-0.25, -0.2) is 0 Å². The molecule has 0 saturated carbocycles. The highest BCUT2D eigenvalue weighted by Gasteiger charge is 2.29. The zero-order valence-electron chi connectivity index (χ0n) is 21.3. The second-order valence-electron chi connectivity index (χ2n) is 9.97. The summed E-state index contributed by atoms with van der Waals surface area (Å²) < 4.78 is 8.78. The topological polar surface area (TPSA) is 63.0 Å². The van der Waals surface area contributed by atoms with Gasteiger partial charge in [0.05, 0.1) is 16.8 Å². The number of hydrogen-bond donors (Lipinski definition) is 2. The van der Waals surface area contributed by atoms with Crippen molar-refractivity contribution < 1.29 is 9.21 Å². The Bertz CT molecular complexity index is 1950. The van der Waals surface area contributed by atoms with Crippen molar-refractivity contribution in [3.8, 4) is 11.1 Å². The summed E-state index contributed by atoms with van der Waals surface area (Å²) >= 11 is 2.32. The van der Waals surface area contributed by atoms with Crippen LogP contribution in [0.5, 0.6) is 0 Å². The molecule has 1 aliphatic rings. The van der Waals surface area contributed by atoms with Crippen LogP contribution < -0.4 is 5.32 Å². The second kappa shape index (κ2) is 9.50. The van der Waals surface area contributed by atoms with Gasteiger partial charge in [0.2, 0.25) is 0 Å². The van der Waals surface area contributed by atoms with Crippen molar-refractivity contribution in [1.29, 1.82) is 0 Å². The van der Waals surface area contributed by atoms with Gasteiger partial charge in [-0.1, -0.05) is 48.5 Å². The number of hydrogen-bond acceptors (Lipinski definition) is 3. The summed E-state index contributed by atoms with van der Waals surface area (Å²) in [6.07, 6.45) is 4.82. The van der Waals surface area contributed by atoms with E-state index in [4.69, 9.17) is 4.42 Å². The molecular weight excluding hydrogens is 617 g/mol. The van der Waals surface area contributed by atoms with Crippen molar-refractivity contribution in [3.63, 3.8) is 0 Å². The number of aryl methyl sites for hydroxylation is 2. The third-order valence-corrected chi connectivity index (χ3v) is 9.12. The molecule has 2 N–H and O–H groups in total. The van der Waals surface area contributed by atoms with Gasteiger partial charge in [0.25, 0.3) is 5.91 Å². The molecule has 0 fully saturated rings. The van der Waals surface area contributed by atoms with Crippen LogP contribution in [0.1, 0.15) is 33.8 Å². The Morgan fingerprint density at radius 3 is 2.54 bits per heavy atom. The summed E-state index contributed by atoms with van der Waals surface area (Å²) in [7, 11) is 1.65. The van der Waals surface area contributed by atoms with Crippen LogP contribution in [-0.4, -0.2) is 14.9 Å². The quantitative estimate of drug-likeness (QED) is 0.146. The molecule has 7 rings (SSSR count). The average Bonchev–Trinajstić information content (AvgIpc) is 3.65. The largest absolute Gasteiger partial charge is 0.460 e. The lowest BCUT2D eigenvalue weighted by molar-refractivity contribution is -0.110. The Kier molecular flexibility index (Phi) is 5.93. The molecule has 0 spiro atoms. The number of nitrogens with one attached hydrogen (secondary N) is 2. The molecule has 0 saturated heterocycles. The molecule has 0 bridgehead atoms. The van der Waals surface area contributed by atoms with Gasteiger partial charge >= 0.3 is 0 Å². The van der Waals surface area contributed by atoms with E-state index in [1.807, 2.05) is 25.1 Å². The van der Waals surface area contributed by atoms with Crippen molar-refractivity contribution >= 4 is 75.4 Å². The first kappa shape index (κ1) is 24.4. The van der Waals surface area contributed by atoms with Crippen LogP contribution >= 0.6 is 30.3 Å². The number of nitrogens with zero attached hydrogens (tertiary/aromatic N) is 1. The van der Waals surface area contributed by atoms with E-state index in [2.05, 4.69) is 109 Å². The van der Waals surface area contributed by atoms with E-state index in [1.165, 1.54) is 10.9 Å². The highest BCUT2D eigenvalue weighted by molar-refractivity contribution is 14.2. The Morgan fingerprint density at radius 2 is 1.77 bits per heavy atom. The number of halogens is 1. The first-order valence-corrected chi connectivity index (χ1v) is 16.0. The Morgan fingerprint density at radius 1 is 0.974 bits per heavy atom. The maximum Gasteiger partial charge on any atom is 0.256 e. The molecule has 1 aliphatic heterocycles. The van der Waals surface area contributed by atoms with Gasteiger partial charge in [-0.3, -0.25) is 8.77 Å². The minimum absolute atomic E-state index is 0.103. The predicted octanol–water partition coefficient (Wildman–Crippen LogP) is 8.93. The molecule has 39 heavy (non-hydrogen) atoms. The van der Waals surface area contributed by atoms with Crippen LogP contribution in [0.4, 0.5) is 5.69 Å². The lowest BCUT2D eigenvalue weighted by Gasteiger charge is -2.04. The van der Waals surface area contributed by atoms with E-state index in [1.54, 1.807) is 9.12 Å². The van der Waals surface area contributed by atoms with Crippen molar-refractivity contribution in [1.82, 2.24) is 8.96 Å². The smallest absolute Gasteiger partial charge is 0.256 e. The fourth-order valence-electron chi connectivity index (χ4n) is 5.63. The molecule has 4 heterocycles. The molecule has 7 heteroatoms. The van der Waals surface area contributed by atoms with E-state index in [-0.39, 0.29) is 5.91 Å². The maximum absolute atomic E-state index is 13.1. The van der Waals surface area contributed by atoms with Gasteiger partial charge in [0, 0.05) is 87.9 Å². The predicted molar refractivity (Wildman–Crippen MR) is 170 cm³/mol. The standard InChI is InChI=1S/C32H24IN3O2S/c1-18-12-19(2)34-26(18)15-23-22-14-24-29(16-27(22)35-32(23)37)38-30(13-20-8-4-3-5-9-20)31(24)25-17-36(39-33)28-11-7-6-10-21(25)28/h3-12,14-17,34H,13H2,1-2H3,(H,35,37)/b23-15-. The molecule has 3 aromatic carbocycles. The number of amides is 1. The van der Waals surface area contributed by atoms with Gasteiger partial charge in [0.15, 0.2) is 0 Å². The van der Waals surface area contributed by atoms with Crippen LogP contribution in [0.2, 0.25) is 0 Å². The highest BCUT2D eigenvalue weighted by Crippen LogP contribution is 2.45. The number of para-hydroxylation sites is 1. The van der Waals surface area contributed by atoms with Crippen molar-refractivity contribution in [2.75, 3.05) is 5.32 Å². The molecule has 6 aromatic rings. The van der Waals surface area contributed by atoms with Gasteiger partial charge in [0.1, 0.15) is 11.3 Å². The first-order valence-electron chi connectivity index (χ1n) is 12.7. The summed E-state index contributed by atoms with van der Waals surface area (Å²) in [5, 5.41) is 5.23. The third kappa shape index (κ3) is 4.11. The summed E-state index contributed by atoms with van der Waals surface area (Å²) in [6.45, 7) is 4.08. The van der Waals surface area contributed by atoms with Crippen LogP contribution in [0.3, 0.4) is 0 Å². The van der Waals surface area contributed by atoms with E-state index in [9.17, 15) is 4.79 Å². The summed E-state index contributed by atoms with van der Waals surface area (Å²) in [6, 6.07) is 25.0. The normalized spacial score (nSPS) is 14.0. The van der Waals surface area contributed by atoms with Gasteiger partial charge in [-0.05, 0) is 49.2 Å². The molecule has 192 valence electrons. The number of carbonyl (C=O) groups is 1. The lowest BCUT2D eigenvalue weighted by Crippen LogP contribution is -2.03. The number of aromatic amines is 1. The lowest BCUT2D eigenvalue weighted by atomic mass is 9.96. The molecule has 0 radical (unpaired) electrons. The number of aromatic nitrogens is 2. The number of carbonyl (C=O) groups excluding carboxylic acids is 1. The van der Waals surface area contributed by atoms with Crippen molar-refractivity contribution in [2.45, 2.75) is 20.3 Å². The summed E-state index contributed by atoms with van der Waals surface area (Å²) in [5.74, 6) is 0.808. The number of furan rings is 1. The number of benzene rings is 3. The zero-order valence-corrected chi connectivity index (χ0v) is 24.3. The average molecular weight is 642 g/mol. The minimum Gasteiger partial charge on any atom is -0.460 e. The number of rotatable bonds is 5. The van der Waals surface area contributed by atoms with E-state index < -0.39 is 0 Å². The summed E-state index contributed by atoms with van der Waals surface area (Å²) in [4.78, 5) is 16.5. The second-order valence-corrected chi connectivity index (χ2v) is 11.7.